The van der Waals surface area contributed by atoms with E-state index in [9.17, 15) is 0 Å². The quantitative estimate of drug-likeness (QED) is 0.593. The highest BCUT2D eigenvalue weighted by molar-refractivity contribution is 14.1. The van der Waals surface area contributed by atoms with Crippen LogP contribution in [-0.2, 0) is 0 Å². The van der Waals surface area contributed by atoms with Gasteiger partial charge in [0.15, 0.2) is 0 Å². The third-order valence-corrected chi connectivity index (χ3v) is 4.14. The van der Waals surface area contributed by atoms with E-state index in [4.69, 9.17) is 0 Å². The average Bonchev–Trinajstić information content (AvgIpc) is 3.15. The maximum Gasteiger partial charge on any atom is 0.135 e. The fourth-order valence-corrected chi connectivity index (χ4v) is 2.64. The van der Waals surface area contributed by atoms with Crippen molar-refractivity contribution in [2.75, 3.05) is 5.32 Å². The van der Waals surface area contributed by atoms with Gasteiger partial charge in [-0.05, 0) is 63.5 Å². The van der Waals surface area contributed by atoms with Gasteiger partial charge >= 0.3 is 0 Å². The Morgan fingerprint density at radius 2 is 2.00 bits per heavy atom. The second kappa shape index (κ2) is 5.13. The van der Waals surface area contributed by atoms with E-state index in [-0.39, 0.29) is 0 Å². The van der Waals surface area contributed by atoms with Crippen LogP contribution in [0.15, 0.2) is 34.9 Å². The first kappa shape index (κ1) is 12.3. The maximum atomic E-state index is 4.58. The monoisotopic (exact) mass is 415 g/mol. The molecule has 1 saturated carbocycles. The fraction of sp³-hybridized carbons (Fsp3) is 0.231. The molecular weight excluding hydrogens is 405 g/mol. The summed E-state index contributed by atoms with van der Waals surface area (Å²) in [5.41, 5.74) is 1.07. The van der Waals surface area contributed by atoms with Crippen molar-refractivity contribution < 1.29 is 0 Å². The zero-order valence-electron chi connectivity index (χ0n) is 9.53. The molecule has 0 atom stereocenters. The van der Waals surface area contributed by atoms with Gasteiger partial charge in [0.25, 0.3) is 0 Å². The lowest BCUT2D eigenvalue weighted by molar-refractivity contribution is 0.919. The zero-order chi connectivity index (χ0) is 12.5. The molecule has 1 aliphatic rings. The first-order valence-corrected chi connectivity index (χ1v) is 7.65. The number of hydrogen-bond acceptors (Lipinski definition) is 3. The molecule has 0 aliphatic heterocycles. The van der Waals surface area contributed by atoms with Gasteiger partial charge in [0.1, 0.15) is 16.2 Å². The highest BCUT2D eigenvalue weighted by Gasteiger charge is 2.27. The molecule has 1 heterocycles. The molecule has 0 saturated heterocycles. The summed E-state index contributed by atoms with van der Waals surface area (Å²) < 4.78 is 2.02. The number of benzene rings is 1. The van der Waals surface area contributed by atoms with Crippen LogP contribution in [0.25, 0.3) is 0 Å². The van der Waals surface area contributed by atoms with Gasteiger partial charge in [-0.3, -0.25) is 0 Å². The van der Waals surface area contributed by atoms with Gasteiger partial charge in [0.05, 0.1) is 5.69 Å². The van der Waals surface area contributed by atoms with Crippen LogP contribution in [0, 0.1) is 3.57 Å². The van der Waals surface area contributed by atoms with E-state index in [1.165, 1.54) is 16.4 Å². The molecular formula is C13H11BrIN3. The van der Waals surface area contributed by atoms with Gasteiger partial charge in [0.2, 0.25) is 0 Å². The van der Waals surface area contributed by atoms with Crippen molar-refractivity contribution >= 4 is 50.0 Å². The summed E-state index contributed by atoms with van der Waals surface area (Å²) in [6.07, 6.45) is 2.41. The second-order valence-corrected chi connectivity index (χ2v) is 6.29. The molecule has 1 N–H and O–H groups in total. The van der Waals surface area contributed by atoms with Gasteiger partial charge in [-0.25, -0.2) is 9.97 Å². The molecule has 3 rings (SSSR count). The normalized spacial score (nSPS) is 14.6. The maximum absolute atomic E-state index is 4.58. The van der Waals surface area contributed by atoms with Crippen LogP contribution in [0.1, 0.15) is 24.6 Å². The molecule has 1 fully saturated rings. The third kappa shape index (κ3) is 2.83. The third-order valence-electron chi connectivity index (χ3n) is 2.79. The lowest BCUT2D eigenvalue weighted by Crippen LogP contribution is -2.00. The molecule has 0 spiro atoms. The highest BCUT2D eigenvalue weighted by atomic mass is 127. The molecule has 18 heavy (non-hydrogen) atoms. The Labute approximate surface area is 128 Å². The average molecular weight is 416 g/mol. The largest absolute Gasteiger partial charge is 0.339 e. The topological polar surface area (TPSA) is 37.8 Å². The van der Waals surface area contributed by atoms with E-state index in [1.54, 1.807) is 0 Å². The number of nitrogens with zero attached hydrogens (tertiary/aromatic N) is 2. The number of anilines is 2. The van der Waals surface area contributed by atoms with Crippen molar-refractivity contribution in [2.45, 2.75) is 18.8 Å². The minimum atomic E-state index is 0.554. The predicted molar refractivity (Wildman–Crippen MR) is 84.1 cm³/mol. The smallest absolute Gasteiger partial charge is 0.135 e. The van der Waals surface area contributed by atoms with Gasteiger partial charge < -0.3 is 5.32 Å². The lowest BCUT2D eigenvalue weighted by atomic mass is 10.3. The van der Waals surface area contributed by atoms with Crippen molar-refractivity contribution in [3.63, 3.8) is 0 Å². The molecule has 0 radical (unpaired) electrons. The summed E-state index contributed by atoms with van der Waals surface area (Å²) in [6.45, 7) is 0. The van der Waals surface area contributed by atoms with E-state index in [1.807, 2.05) is 18.2 Å². The van der Waals surface area contributed by atoms with Crippen molar-refractivity contribution in [1.29, 1.82) is 0 Å². The number of para-hydroxylation sites is 1. The first-order valence-electron chi connectivity index (χ1n) is 5.78. The molecule has 0 unspecified atom stereocenters. The van der Waals surface area contributed by atoms with E-state index in [0.717, 1.165) is 21.9 Å². The molecule has 5 heteroatoms. The van der Waals surface area contributed by atoms with Crippen LogP contribution >= 0.6 is 38.5 Å². The van der Waals surface area contributed by atoms with Gasteiger partial charge in [0, 0.05) is 15.6 Å². The van der Waals surface area contributed by atoms with Crippen molar-refractivity contribution in [3.05, 3.63) is 44.3 Å². The Bertz CT molecular complexity index is 584. The lowest BCUT2D eigenvalue weighted by Gasteiger charge is -2.09. The summed E-state index contributed by atoms with van der Waals surface area (Å²) >= 11 is 5.76. The van der Waals surface area contributed by atoms with Crippen molar-refractivity contribution in [2.24, 2.45) is 0 Å². The van der Waals surface area contributed by atoms with E-state index in [0.29, 0.717) is 5.92 Å². The van der Waals surface area contributed by atoms with E-state index in [2.05, 4.69) is 65.9 Å². The van der Waals surface area contributed by atoms with Gasteiger partial charge in [-0.2, -0.15) is 0 Å². The SMILES string of the molecule is Brc1cc(Nc2ccccc2I)nc(C2CC2)n1. The standard InChI is InChI=1S/C13H11BrIN3/c14-11-7-12(18-13(17-11)8-5-6-8)16-10-4-2-1-3-9(10)15/h1-4,7-8H,5-6H2,(H,16,17,18). The minimum absolute atomic E-state index is 0.554. The number of hydrogen-bond donors (Lipinski definition) is 1. The molecule has 1 aliphatic carbocycles. The Balaban J connectivity index is 1.90. The summed E-state index contributed by atoms with van der Waals surface area (Å²) in [5.74, 6) is 2.35. The minimum Gasteiger partial charge on any atom is -0.339 e. The first-order chi connectivity index (χ1) is 8.72. The molecule has 1 aromatic carbocycles. The zero-order valence-corrected chi connectivity index (χ0v) is 13.3. The summed E-state index contributed by atoms with van der Waals surface area (Å²) in [7, 11) is 0. The Hall–Kier alpha value is -0.690. The molecule has 3 nitrogen and oxygen atoms in total. The predicted octanol–water partition coefficient (Wildman–Crippen LogP) is 4.46. The molecule has 2 aromatic rings. The summed E-state index contributed by atoms with van der Waals surface area (Å²) in [6, 6.07) is 10.1. The number of nitrogens with one attached hydrogen (secondary N) is 1. The highest BCUT2D eigenvalue weighted by Crippen LogP contribution is 2.39. The number of rotatable bonds is 3. The van der Waals surface area contributed by atoms with E-state index < -0.39 is 0 Å². The van der Waals surface area contributed by atoms with Crippen LogP contribution in [0.3, 0.4) is 0 Å². The second-order valence-electron chi connectivity index (χ2n) is 4.31. The van der Waals surface area contributed by atoms with Crippen LogP contribution in [0.4, 0.5) is 11.5 Å². The van der Waals surface area contributed by atoms with Crippen LogP contribution in [-0.4, -0.2) is 9.97 Å². The number of aromatic nitrogens is 2. The Morgan fingerprint density at radius 3 is 2.72 bits per heavy atom. The molecule has 0 bridgehead atoms. The van der Waals surface area contributed by atoms with Gasteiger partial charge in [-0.1, -0.05) is 12.1 Å². The van der Waals surface area contributed by atoms with Crippen LogP contribution in [0.2, 0.25) is 0 Å². The molecule has 1 aromatic heterocycles. The molecule has 0 amide bonds. The Morgan fingerprint density at radius 1 is 1.22 bits per heavy atom. The van der Waals surface area contributed by atoms with Crippen molar-refractivity contribution in [1.82, 2.24) is 9.97 Å². The Kier molecular flexibility index (Phi) is 3.52. The van der Waals surface area contributed by atoms with Gasteiger partial charge in [-0.15, -0.1) is 0 Å². The summed E-state index contributed by atoms with van der Waals surface area (Å²) in [5, 5.41) is 3.35. The summed E-state index contributed by atoms with van der Waals surface area (Å²) in [4.78, 5) is 9.00. The molecule has 92 valence electrons. The van der Waals surface area contributed by atoms with Crippen LogP contribution in [0.5, 0.6) is 0 Å². The number of halogens is 2. The van der Waals surface area contributed by atoms with E-state index >= 15 is 0 Å². The van der Waals surface area contributed by atoms with Crippen LogP contribution < -0.4 is 5.32 Å². The fourth-order valence-electron chi connectivity index (χ4n) is 1.72. The van der Waals surface area contributed by atoms with Crippen molar-refractivity contribution in [3.8, 4) is 0 Å².